The average Bonchev–Trinajstić information content (AvgIpc) is 2.64. The molecule has 0 aliphatic carbocycles. The molecule has 6 nitrogen and oxygen atoms in total. The smallest absolute Gasteiger partial charge is 0.308 e. The van der Waals surface area contributed by atoms with E-state index in [-0.39, 0.29) is 42.0 Å². The Morgan fingerprint density at radius 3 is 2.67 bits per heavy atom. The number of esters is 1. The summed E-state index contributed by atoms with van der Waals surface area (Å²) in [6.07, 6.45) is 1.58. The quantitative estimate of drug-likeness (QED) is 0.288. The molecule has 0 saturated carbocycles. The largest absolute Gasteiger partial charge is 0.489 e. The molecule has 0 amide bonds. The highest BCUT2D eigenvalue weighted by Crippen LogP contribution is 2.19. The van der Waals surface area contributed by atoms with Crippen molar-refractivity contribution in [3.8, 4) is 5.75 Å². The molecule has 0 bridgehead atoms. The highest BCUT2D eigenvalue weighted by atomic mass is 127. The number of methoxy groups -OCH3 is 1. The molecule has 27 heavy (non-hydrogen) atoms. The number of guanidine groups is 1. The fourth-order valence-corrected chi connectivity index (χ4v) is 3.09. The SMILES string of the molecule is CCNC(=NCC(C)Oc1cccc(C)c1)N1CCC(C(=O)OC)CC1.I. The Kier molecular flexibility index (Phi) is 10.5. The highest BCUT2D eigenvalue weighted by Gasteiger charge is 2.27. The number of rotatable bonds is 6. The lowest BCUT2D eigenvalue weighted by atomic mass is 9.97. The van der Waals surface area contributed by atoms with Crippen LogP contribution in [0.15, 0.2) is 29.3 Å². The summed E-state index contributed by atoms with van der Waals surface area (Å²) in [6, 6.07) is 8.05. The molecule has 152 valence electrons. The molecule has 1 N–H and O–H groups in total. The standard InChI is InChI=1S/C20H31N3O3.HI/c1-5-21-20(23-11-9-17(10-12-23)19(24)25-4)22-14-16(3)26-18-8-6-7-15(2)13-18;/h6-8,13,16-17H,5,9-12,14H2,1-4H3,(H,21,22);1H. The number of ether oxygens (including phenoxy) is 2. The first-order valence-corrected chi connectivity index (χ1v) is 9.38. The van der Waals surface area contributed by atoms with Gasteiger partial charge < -0.3 is 19.7 Å². The number of nitrogens with zero attached hydrogens (tertiary/aromatic N) is 2. The Balaban J connectivity index is 0.00000364. The fraction of sp³-hybridized carbons (Fsp3) is 0.600. The number of aliphatic imine (C=N–C) groups is 1. The number of aryl methyl sites for hydroxylation is 1. The maximum Gasteiger partial charge on any atom is 0.308 e. The van der Waals surface area contributed by atoms with Crippen molar-refractivity contribution in [2.45, 2.75) is 39.7 Å². The number of carbonyl (C=O) groups is 1. The summed E-state index contributed by atoms with van der Waals surface area (Å²) < 4.78 is 10.8. The second-order valence-electron chi connectivity index (χ2n) is 6.72. The van der Waals surface area contributed by atoms with Crippen molar-refractivity contribution < 1.29 is 14.3 Å². The van der Waals surface area contributed by atoms with Gasteiger partial charge in [-0.3, -0.25) is 4.79 Å². The van der Waals surface area contributed by atoms with E-state index in [0.29, 0.717) is 6.54 Å². The molecule has 1 saturated heterocycles. The van der Waals surface area contributed by atoms with Gasteiger partial charge in [-0.2, -0.15) is 0 Å². The molecule has 1 heterocycles. The number of halogens is 1. The second-order valence-corrected chi connectivity index (χ2v) is 6.72. The van der Waals surface area contributed by atoms with Crippen molar-refractivity contribution in [2.75, 3.05) is 33.3 Å². The van der Waals surface area contributed by atoms with E-state index in [1.54, 1.807) is 0 Å². The summed E-state index contributed by atoms with van der Waals surface area (Å²) in [5, 5.41) is 3.34. The van der Waals surface area contributed by atoms with Crippen LogP contribution in [0.4, 0.5) is 0 Å². The number of hydrogen-bond donors (Lipinski definition) is 1. The molecule has 1 unspecified atom stereocenters. The molecule has 1 fully saturated rings. The van der Waals surface area contributed by atoms with Gasteiger partial charge in [0.1, 0.15) is 11.9 Å². The lowest BCUT2D eigenvalue weighted by Gasteiger charge is -2.33. The van der Waals surface area contributed by atoms with E-state index >= 15 is 0 Å². The molecule has 2 rings (SSSR count). The topological polar surface area (TPSA) is 63.2 Å². The maximum absolute atomic E-state index is 11.7. The van der Waals surface area contributed by atoms with E-state index in [0.717, 1.165) is 44.2 Å². The zero-order valence-corrected chi connectivity index (χ0v) is 19.1. The number of piperidine rings is 1. The number of benzene rings is 1. The van der Waals surface area contributed by atoms with Crippen LogP contribution in [-0.2, 0) is 9.53 Å². The summed E-state index contributed by atoms with van der Waals surface area (Å²) in [5.74, 6) is 1.65. The summed E-state index contributed by atoms with van der Waals surface area (Å²) in [4.78, 5) is 18.6. The molecule has 1 aliphatic heterocycles. The van der Waals surface area contributed by atoms with Crippen LogP contribution in [-0.4, -0.2) is 56.2 Å². The van der Waals surface area contributed by atoms with Crippen molar-refractivity contribution >= 4 is 35.9 Å². The Morgan fingerprint density at radius 1 is 1.37 bits per heavy atom. The van der Waals surface area contributed by atoms with Gasteiger partial charge in [0.2, 0.25) is 0 Å². The van der Waals surface area contributed by atoms with Crippen molar-refractivity contribution in [3.63, 3.8) is 0 Å². The first-order valence-electron chi connectivity index (χ1n) is 9.38. The van der Waals surface area contributed by atoms with Crippen LogP contribution in [0.3, 0.4) is 0 Å². The van der Waals surface area contributed by atoms with Gasteiger partial charge in [-0.1, -0.05) is 12.1 Å². The second kappa shape index (κ2) is 12.0. The molecule has 1 aromatic rings. The van der Waals surface area contributed by atoms with Crippen LogP contribution < -0.4 is 10.1 Å². The molecule has 1 aliphatic rings. The summed E-state index contributed by atoms with van der Waals surface area (Å²) in [5.41, 5.74) is 1.18. The van der Waals surface area contributed by atoms with Gasteiger partial charge in [0, 0.05) is 19.6 Å². The summed E-state index contributed by atoms with van der Waals surface area (Å²) in [6.45, 7) is 9.13. The first kappa shape index (κ1) is 23.5. The fourth-order valence-electron chi connectivity index (χ4n) is 3.09. The third-order valence-corrected chi connectivity index (χ3v) is 4.49. The van der Waals surface area contributed by atoms with Crippen LogP contribution in [0, 0.1) is 12.8 Å². The lowest BCUT2D eigenvalue weighted by Crippen LogP contribution is -2.47. The van der Waals surface area contributed by atoms with E-state index in [9.17, 15) is 4.79 Å². The Morgan fingerprint density at radius 2 is 2.07 bits per heavy atom. The van der Waals surface area contributed by atoms with Gasteiger partial charge in [0.15, 0.2) is 5.96 Å². The normalized spacial score (nSPS) is 16.3. The Bertz CT molecular complexity index is 616. The minimum atomic E-state index is -0.105. The predicted octanol–water partition coefficient (Wildman–Crippen LogP) is 3.23. The molecule has 1 atom stereocenters. The van der Waals surface area contributed by atoms with Crippen LogP contribution in [0.5, 0.6) is 5.75 Å². The van der Waals surface area contributed by atoms with Gasteiger partial charge >= 0.3 is 5.97 Å². The third-order valence-electron chi connectivity index (χ3n) is 4.49. The van der Waals surface area contributed by atoms with Crippen LogP contribution >= 0.6 is 24.0 Å². The van der Waals surface area contributed by atoms with Gasteiger partial charge in [-0.05, 0) is 51.3 Å². The minimum Gasteiger partial charge on any atom is -0.489 e. The maximum atomic E-state index is 11.7. The minimum absolute atomic E-state index is 0. The monoisotopic (exact) mass is 489 g/mol. The zero-order chi connectivity index (χ0) is 18.9. The van der Waals surface area contributed by atoms with Crippen molar-refractivity contribution in [2.24, 2.45) is 10.9 Å². The van der Waals surface area contributed by atoms with E-state index in [1.165, 1.54) is 12.7 Å². The number of likely N-dealkylation sites (tertiary alicyclic amines) is 1. The molecular formula is C20H32IN3O3. The van der Waals surface area contributed by atoms with Gasteiger partial charge in [0.25, 0.3) is 0 Å². The molecule has 0 aromatic heterocycles. The summed E-state index contributed by atoms with van der Waals surface area (Å²) >= 11 is 0. The Hall–Kier alpha value is -1.51. The molecule has 0 spiro atoms. The third kappa shape index (κ3) is 7.56. The molecule has 1 aromatic carbocycles. The predicted molar refractivity (Wildman–Crippen MR) is 119 cm³/mol. The van der Waals surface area contributed by atoms with Gasteiger partial charge in [-0.25, -0.2) is 4.99 Å². The number of nitrogens with one attached hydrogen (secondary N) is 1. The molecule has 0 radical (unpaired) electrons. The van der Waals surface area contributed by atoms with E-state index in [4.69, 9.17) is 14.5 Å². The first-order chi connectivity index (χ1) is 12.5. The van der Waals surface area contributed by atoms with E-state index in [1.807, 2.05) is 25.1 Å². The van der Waals surface area contributed by atoms with Gasteiger partial charge in [0.05, 0.1) is 19.6 Å². The number of carbonyl (C=O) groups excluding carboxylic acids is 1. The van der Waals surface area contributed by atoms with E-state index in [2.05, 4.69) is 30.1 Å². The lowest BCUT2D eigenvalue weighted by molar-refractivity contribution is -0.146. The average molecular weight is 489 g/mol. The van der Waals surface area contributed by atoms with Crippen LogP contribution in [0.2, 0.25) is 0 Å². The van der Waals surface area contributed by atoms with Crippen molar-refractivity contribution in [1.82, 2.24) is 10.2 Å². The molecular weight excluding hydrogens is 457 g/mol. The zero-order valence-electron chi connectivity index (χ0n) is 16.7. The van der Waals surface area contributed by atoms with Crippen molar-refractivity contribution in [1.29, 1.82) is 0 Å². The summed E-state index contributed by atoms with van der Waals surface area (Å²) in [7, 11) is 1.45. The highest BCUT2D eigenvalue weighted by molar-refractivity contribution is 14.0. The van der Waals surface area contributed by atoms with E-state index < -0.39 is 0 Å². The number of hydrogen-bond acceptors (Lipinski definition) is 4. The van der Waals surface area contributed by atoms with Gasteiger partial charge in [-0.15, -0.1) is 24.0 Å². The Labute approximate surface area is 179 Å². The van der Waals surface area contributed by atoms with Crippen LogP contribution in [0.1, 0.15) is 32.3 Å². The molecule has 7 heteroatoms. The van der Waals surface area contributed by atoms with Crippen molar-refractivity contribution in [3.05, 3.63) is 29.8 Å². The van der Waals surface area contributed by atoms with Crippen LogP contribution in [0.25, 0.3) is 0 Å².